The van der Waals surface area contributed by atoms with E-state index in [1.54, 1.807) is 0 Å². The first-order valence-corrected chi connectivity index (χ1v) is 9.00. The van der Waals surface area contributed by atoms with E-state index < -0.39 is 5.41 Å². The predicted molar refractivity (Wildman–Crippen MR) is 103 cm³/mol. The Morgan fingerprint density at radius 2 is 1.52 bits per heavy atom. The molecule has 0 saturated heterocycles. The summed E-state index contributed by atoms with van der Waals surface area (Å²) in [7, 11) is 1.97. The molecule has 2 atom stereocenters. The van der Waals surface area contributed by atoms with E-state index in [1.165, 1.54) is 18.1 Å². The predicted octanol–water partition coefficient (Wildman–Crippen LogP) is 4.31. The molecule has 2 unspecified atom stereocenters. The first-order valence-electron chi connectivity index (χ1n) is 9.00. The summed E-state index contributed by atoms with van der Waals surface area (Å²) in [6, 6.07) is 21.1. The molecule has 0 aliphatic rings. The summed E-state index contributed by atoms with van der Waals surface area (Å²) in [5, 5.41) is 3.35. The van der Waals surface area contributed by atoms with E-state index in [9.17, 15) is 4.79 Å². The fourth-order valence-electron chi connectivity index (χ4n) is 3.69. The van der Waals surface area contributed by atoms with E-state index in [1.807, 2.05) is 19.2 Å². The molecule has 3 nitrogen and oxygen atoms in total. The third-order valence-corrected chi connectivity index (χ3v) is 4.93. The molecule has 0 amide bonds. The zero-order chi connectivity index (χ0) is 18.3. The summed E-state index contributed by atoms with van der Waals surface area (Å²) >= 11 is 0. The molecule has 2 rings (SSSR count). The lowest BCUT2D eigenvalue weighted by molar-refractivity contribution is -0.149. The van der Waals surface area contributed by atoms with Gasteiger partial charge in [0.15, 0.2) is 0 Å². The highest BCUT2D eigenvalue weighted by atomic mass is 16.5. The van der Waals surface area contributed by atoms with E-state index in [-0.39, 0.29) is 18.1 Å². The summed E-state index contributed by atoms with van der Waals surface area (Å²) in [5.74, 6) is -0.236. The van der Waals surface area contributed by atoms with Crippen LogP contribution in [0.15, 0.2) is 60.7 Å². The third-order valence-electron chi connectivity index (χ3n) is 4.93. The average molecular weight is 339 g/mol. The topological polar surface area (TPSA) is 38.3 Å². The molecule has 25 heavy (non-hydrogen) atoms. The number of esters is 1. The Labute approximate surface area is 151 Å². The lowest BCUT2D eigenvalue weighted by atomic mass is 9.66. The van der Waals surface area contributed by atoms with E-state index >= 15 is 0 Å². The van der Waals surface area contributed by atoms with Crippen molar-refractivity contribution in [3.63, 3.8) is 0 Å². The van der Waals surface area contributed by atoms with Crippen molar-refractivity contribution in [2.45, 2.75) is 51.2 Å². The van der Waals surface area contributed by atoms with Crippen LogP contribution in [0.3, 0.4) is 0 Å². The van der Waals surface area contributed by atoms with Gasteiger partial charge < -0.3 is 10.1 Å². The first-order chi connectivity index (χ1) is 12.0. The van der Waals surface area contributed by atoms with Gasteiger partial charge >= 0.3 is 5.97 Å². The standard InChI is InChI=1S/C22H29NO2/c1-5-21(25-18(3)24)22(16-17(2)23-4,19-12-8-6-9-13-19)20-14-10-7-11-15-20/h6-15,17,21,23H,5,16H2,1-4H3. The van der Waals surface area contributed by atoms with Crippen molar-refractivity contribution in [1.82, 2.24) is 5.32 Å². The molecule has 134 valence electrons. The maximum atomic E-state index is 11.8. The summed E-state index contributed by atoms with van der Waals surface area (Å²) in [6.07, 6.45) is 1.36. The number of carbonyl (C=O) groups excluding carboxylic acids is 1. The minimum Gasteiger partial charge on any atom is -0.461 e. The molecule has 0 radical (unpaired) electrons. The van der Waals surface area contributed by atoms with Gasteiger partial charge in [-0.05, 0) is 37.9 Å². The number of nitrogens with one attached hydrogen (secondary N) is 1. The fourth-order valence-corrected chi connectivity index (χ4v) is 3.69. The van der Waals surface area contributed by atoms with Crippen LogP contribution in [0, 0.1) is 0 Å². The fraction of sp³-hybridized carbons (Fsp3) is 0.409. The summed E-state index contributed by atoms with van der Waals surface area (Å²) in [4.78, 5) is 11.8. The lowest BCUT2D eigenvalue weighted by Crippen LogP contribution is -2.47. The minimum atomic E-state index is -0.397. The number of hydrogen-bond acceptors (Lipinski definition) is 3. The number of rotatable bonds is 8. The lowest BCUT2D eigenvalue weighted by Gasteiger charge is -2.42. The highest BCUT2D eigenvalue weighted by Gasteiger charge is 2.44. The van der Waals surface area contributed by atoms with E-state index in [0.717, 1.165) is 12.8 Å². The van der Waals surface area contributed by atoms with E-state index in [4.69, 9.17) is 4.74 Å². The summed E-state index contributed by atoms with van der Waals surface area (Å²) < 4.78 is 5.85. The van der Waals surface area contributed by atoms with Crippen LogP contribution >= 0.6 is 0 Å². The molecular formula is C22H29NO2. The summed E-state index contributed by atoms with van der Waals surface area (Å²) in [5.41, 5.74) is 1.96. The van der Waals surface area contributed by atoms with Crippen LogP contribution in [0.25, 0.3) is 0 Å². The smallest absolute Gasteiger partial charge is 0.302 e. The minimum absolute atomic E-state index is 0.231. The van der Waals surface area contributed by atoms with Crippen LogP contribution in [-0.4, -0.2) is 25.2 Å². The Hall–Kier alpha value is -2.13. The second-order valence-electron chi connectivity index (χ2n) is 6.60. The monoisotopic (exact) mass is 339 g/mol. The number of carbonyl (C=O) groups is 1. The second kappa shape index (κ2) is 8.82. The van der Waals surface area contributed by atoms with Gasteiger partial charge in [-0.1, -0.05) is 67.6 Å². The van der Waals surface area contributed by atoms with Crippen molar-refractivity contribution in [1.29, 1.82) is 0 Å². The summed E-state index contributed by atoms with van der Waals surface area (Å²) in [6.45, 7) is 5.74. The SMILES string of the molecule is CCC(OC(C)=O)C(CC(C)NC)(c1ccccc1)c1ccccc1. The third kappa shape index (κ3) is 4.29. The maximum Gasteiger partial charge on any atom is 0.302 e. The molecule has 0 spiro atoms. The van der Waals surface area contributed by atoms with Gasteiger partial charge in [0, 0.05) is 13.0 Å². The molecule has 3 heteroatoms. The molecule has 2 aromatic rings. The number of ether oxygens (including phenoxy) is 1. The van der Waals surface area contributed by atoms with Gasteiger partial charge in [0.25, 0.3) is 0 Å². The molecule has 0 aliphatic heterocycles. The zero-order valence-corrected chi connectivity index (χ0v) is 15.7. The highest BCUT2D eigenvalue weighted by molar-refractivity contribution is 5.66. The van der Waals surface area contributed by atoms with Gasteiger partial charge in [0.2, 0.25) is 0 Å². The van der Waals surface area contributed by atoms with E-state index in [0.29, 0.717) is 0 Å². The number of hydrogen-bond donors (Lipinski definition) is 1. The Morgan fingerprint density at radius 3 is 1.88 bits per heavy atom. The van der Waals surface area contributed by atoms with Crippen molar-refractivity contribution in [2.24, 2.45) is 0 Å². The van der Waals surface area contributed by atoms with E-state index in [2.05, 4.69) is 67.7 Å². The molecule has 0 fully saturated rings. The molecule has 0 aliphatic carbocycles. The molecule has 0 bridgehead atoms. The van der Waals surface area contributed by atoms with Gasteiger partial charge in [-0.2, -0.15) is 0 Å². The number of benzene rings is 2. The van der Waals surface area contributed by atoms with Crippen LogP contribution in [0.4, 0.5) is 0 Å². The molecule has 0 aromatic heterocycles. The van der Waals surface area contributed by atoms with Crippen molar-refractivity contribution in [3.8, 4) is 0 Å². The highest BCUT2D eigenvalue weighted by Crippen LogP contribution is 2.42. The Bertz CT molecular complexity index is 615. The maximum absolute atomic E-state index is 11.8. The normalized spacial score (nSPS) is 13.9. The van der Waals surface area contributed by atoms with Crippen molar-refractivity contribution < 1.29 is 9.53 Å². The zero-order valence-electron chi connectivity index (χ0n) is 15.7. The van der Waals surface area contributed by atoms with Crippen molar-refractivity contribution in [2.75, 3.05) is 7.05 Å². The Balaban J connectivity index is 2.70. The average Bonchev–Trinajstić information content (AvgIpc) is 2.65. The van der Waals surface area contributed by atoms with Crippen LogP contribution in [0.2, 0.25) is 0 Å². The Morgan fingerprint density at radius 1 is 1.04 bits per heavy atom. The first kappa shape index (κ1) is 19.2. The molecule has 0 saturated carbocycles. The van der Waals surface area contributed by atoms with Gasteiger partial charge in [-0.15, -0.1) is 0 Å². The Kier molecular flexibility index (Phi) is 6.77. The van der Waals surface area contributed by atoms with Crippen LogP contribution in [0.1, 0.15) is 44.7 Å². The van der Waals surface area contributed by atoms with Gasteiger partial charge in [0.05, 0.1) is 5.41 Å². The molecule has 2 aromatic carbocycles. The van der Waals surface area contributed by atoms with Crippen molar-refractivity contribution in [3.05, 3.63) is 71.8 Å². The van der Waals surface area contributed by atoms with Crippen LogP contribution < -0.4 is 5.32 Å². The largest absolute Gasteiger partial charge is 0.461 e. The van der Waals surface area contributed by atoms with Gasteiger partial charge in [-0.3, -0.25) is 4.79 Å². The van der Waals surface area contributed by atoms with Crippen molar-refractivity contribution >= 4 is 5.97 Å². The van der Waals surface area contributed by atoms with Gasteiger partial charge in [0.1, 0.15) is 6.10 Å². The quantitative estimate of drug-likeness (QED) is 0.728. The van der Waals surface area contributed by atoms with Crippen LogP contribution in [0.5, 0.6) is 0 Å². The molecule has 0 heterocycles. The molecule has 1 N–H and O–H groups in total. The van der Waals surface area contributed by atoms with Crippen LogP contribution in [-0.2, 0) is 14.9 Å². The molecular weight excluding hydrogens is 310 g/mol. The second-order valence-corrected chi connectivity index (χ2v) is 6.60. The van der Waals surface area contributed by atoms with Gasteiger partial charge in [-0.25, -0.2) is 0 Å².